The van der Waals surface area contributed by atoms with E-state index in [-0.39, 0.29) is 13.0 Å². The summed E-state index contributed by atoms with van der Waals surface area (Å²) in [7, 11) is 0. The third-order valence-electron chi connectivity index (χ3n) is 2.47. The first-order valence-electron chi connectivity index (χ1n) is 5.14. The lowest BCUT2D eigenvalue weighted by atomic mass is 10.1. The van der Waals surface area contributed by atoms with Crippen LogP contribution in [0.4, 0.5) is 5.00 Å². The summed E-state index contributed by atoms with van der Waals surface area (Å²) in [4.78, 5) is 11.6. The summed E-state index contributed by atoms with van der Waals surface area (Å²) < 4.78 is 5.46. The largest absolute Gasteiger partial charge is 0.490 e. The molecule has 4 N–H and O–H groups in total. The summed E-state index contributed by atoms with van der Waals surface area (Å²) in [5, 5.41) is 12.4. The molecule has 0 bridgehead atoms. The van der Waals surface area contributed by atoms with Gasteiger partial charge in [0, 0.05) is 17.0 Å². The Balaban J connectivity index is 2.07. The van der Waals surface area contributed by atoms with Crippen LogP contribution in [0.2, 0.25) is 0 Å². The van der Waals surface area contributed by atoms with Crippen molar-refractivity contribution >= 4 is 22.3 Å². The molecule has 1 aromatic heterocycles. The first kappa shape index (κ1) is 11.2. The van der Waals surface area contributed by atoms with E-state index < -0.39 is 5.97 Å². The number of nitrogen functional groups attached to an aromatic ring is 1. The van der Waals surface area contributed by atoms with Gasteiger partial charge in [0.2, 0.25) is 0 Å². The predicted octanol–water partition coefficient (Wildman–Crippen LogP) is 0.829. The highest BCUT2D eigenvalue weighted by Crippen LogP contribution is 2.39. The normalized spacial score (nSPS) is 14.5. The van der Waals surface area contributed by atoms with E-state index in [1.807, 2.05) is 0 Å². The molecule has 0 aromatic carbocycles. The number of ether oxygens (including phenoxy) is 1. The number of nitrogens with two attached hydrogens (primary N) is 1. The van der Waals surface area contributed by atoms with Crippen molar-refractivity contribution in [3.63, 3.8) is 0 Å². The fourth-order valence-corrected chi connectivity index (χ4v) is 2.76. The number of hydrogen-bond acceptors (Lipinski definition) is 5. The summed E-state index contributed by atoms with van der Waals surface area (Å²) in [5.74, 6) is -0.160. The summed E-state index contributed by atoms with van der Waals surface area (Å²) in [5.41, 5.74) is 7.00. The zero-order chi connectivity index (χ0) is 11.5. The van der Waals surface area contributed by atoms with Gasteiger partial charge in [-0.25, -0.2) is 0 Å². The van der Waals surface area contributed by atoms with Crippen LogP contribution in [0, 0.1) is 0 Å². The molecule has 0 aliphatic carbocycles. The summed E-state index contributed by atoms with van der Waals surface area (Å²) in [6.45, 7) is 1.92. The molecule has 1 aliphatic heterocycles. The maximum absolute atomic E-state index is 10.4. The third-order valence-corrected chi connectivity index (χ3v) is 3.51. The molecule has 2 rings (SSSR count). The molecule has 6 heteroatoms. The van der Waals surface area contributed by atoms with Crippen molar-refractivity contribution in [1.29, 1.82) is 0 Å². The topological polar surface area (TPSA) is 84.6 Å². The minimum absolute atomic E-state index is 0.00229. The van der Waals surface area contributed by atoms with Crippen LogP contribution in [0.25, 0.3) is 0 Å². The van der Waals surface area contributed by atoms with Crippen LogP contribution < -0.4 is 15.8 Å². The maximum Gasteiger partial charge on any atom is 0.306 e. The van der Waals surface area contributed by atoms with Gasteiger partial charge >= 0.3 is 5.97 Å². The number of nitrogens with one attached hydrogen (secondary N) is 1. The Bertz CT molecular complexity index is 403. The summed E-state index contributed by atoms with van der Waals surface area (Å²) in [6.07, 6.45) is 0.897. The Labute approximate surface area is 97.2 Å². The molecule has 5 nitrogen and oxygen atoms in total. The van der Waals surface area contributed by atoms with Crippen LogP contribution in [0.1, 0.15) is 16.9 Å². The van der Waals surface area contributed by atoms with E-state index in [4.69, 9.17) is 15.6 Å². The van der Waals surface area contributed by atoms with Gasteiger partial charge in [0.1, 0.15) is 5.00 Å². The Kier molecular flexibility index (Phi) is 3.31. The van der Waals surface area contributed by atoms with Crippen molar-refractivity contribution in [3.8, 4) is 5.75 Å². The summed E-state index contributed by atoms with van der Waals surface area (Å²) >= 11 is 1.52. The molecule has 16 heavy (non-hydrogen) atoms. The van der Waals surface area contributed by atoms with Gasteiger partial charge in [-0.1, -0.05) is 0 Å². The Morgan fingerprint density at radius 1 is 1.62 bits per heavy atom. The zero-order valence-electron chi connectivity index (χ0n) is 8.78. The molecule has 0 amide bonds. The van der Waals surface area contributed by atoms with Gasteiger partial charge in [0.25, 0.3) is 0 Å². The second kappa shape index (κ2) is 4.71. The number of hydrogen-bond donors (Lipinski definition) is 3. The molecule has 1 aliphatic rings. The first-order valence-corrected chi connectivity index (χ1v) is 5.95. The number of anilines is 1. The van der Waals surface area contributed by atoms with E-state index in [1.165, 1.54) is 16.2 Å². The van der Waals surface area contributed by atoms with Gasteiger partial charge in [-0.05, 0) is 13.0 Å². The molecule has 0 saturated carbocycles. The highest BCUT2D eigenvalue weighted by atomic mass is 32.1. The average Bonchev–Trinajstić information content (AvgIpc) is 2.55. The zero-order valence-corrected chi connectivity index (χ0v) is 9.60. The number of carboxylic acids is 1. The molecular weight excluding hydrogens is 228 g/mol. The SMILES string of the molecule is Nc1sc2c(c1OCCC(=O)O)CCNC2. The fraction of sp³-hybridized carbons (Fsp3) is 0.500. The Morgan fingerprint density at radius 3 is 3.19 bits per heavy atom. The van der Waals surface area contributed by atoms with E-state index >= 15 is 0 Å². The van der Waals surface area contributed by atoms with Crippen molar-refractivity contribution in [3.05, 3.63) is 10.4 Å². The van der Waals surface area contributed by atoms with Crippen molar-refractivity contribution in [2.45, 2.75) is 19.4 Å². The van der Waals surface area contributed by atoms with Crippen LogP contribution in [-0.2, 0) is 17.8 Å². The van der Waals surface area contributed by atoms with Crippen molar-refractivity contribution in [2.75, 3.05) is 18.9 Å². The molecule has 1 aromatic rings. The Morgan fingerprint density at radius 2 is 2.44 bits per heavy atom. The van der Waals surface area contributed by atoms with Gasteiger partial charge < -0.3 is 20.9 Å². The second-order valence-electron chi connectivity index (χ2n) is 3.62. The highest BCUT2D eigenvalue weighted by Gasteiger charge is 2.20. The number of carboxylic acid groups (broad SMARTS) is 1. The number of carbonyl (C=O) groups is 1. The lowest BCUT2D eigenvalue weighted by Gasteiger charge is -2.14. The molecular formula is C10H14N2O3S. The van der Waals surface area contributed by atoms with Gasteiger partial charge in [0.05, 0.1) is 13.0 Å². The van der Waals surface area contributed by atoms with Crippen LogP contribution >= 0.6 is 11.3 Å². The molecule has 0 spiro atoms. The minimum Gasteiger partial charge on any atom is -0.490 e. The second-order valence-corrected chi connectivity index (χ2v) is 4.75. The molecule has 0 fully saturated rings. The minimum atomic E-state index is -0.857. The van der Waals surface area contributed by atoms with Gasteiger partial charge in [-0.3, -0.25) is 4.79 Å². The quantitative estimate of drug-likeness (QED) is 0.728. The number of aliphatic carboxylic acids is 1. The van der Waals surface area contributed by atoms with Crippen LogP contribution in [0.5, 0.6) is 5.75 Å². The van der Waals surface area contributed by atoms with E-state index in [2.05, 4.69) is 5.32 Å². The van der Waals surface area contributed by atoms with Gasteiger partial charge in [0.15, 0.2) is 5.75 Å². The van der Waals surface area contributed by atoms with E-state index in [9.17, 15) is 4.79 Å². The lowest BCUT2D eigenvalue weighted by molar-refractivity contribution is -0.137. The van der Waals surface area contributed by atoms with Crippen molar-refractivity contribution in [1.82, 2.24) is 5.32 Å². The fourth-order valence-electron chi connectivity index (χ4n) is 1.73. The average molecular weight is 242 g/mol. The molecule has 0 radical (unpaired) electrons. The smallest absolute Gasteiger partial charge is 0.306 e. The Hall–Kier alpha value is -1.27. The summed E-state index contributed by atoms with van der Waals surface area (Å²) in [6, 6.07) is 0. The standard InChI is InChI=1S/C10H14N2O3S/c11-10-9(15-4-2-8(13)14)6-1-3-12-5-7(6)16-10/h12H,1-5,11H2,(H,13,14). The van der Waals surface area contributed by atoms with E-state index in [0.717, 1.165) is 25.1 Å². The lowest BCUT2D eigenvalue weighted by Crippen LogP contribution is -2.22. The van der Waals surface area contributed by atoms with Crippen molar-refractivity contribution < 1.29 is 14.6 Å². The van der Waals surface area contributed by atoms with Gasteiger partial charge in [-0.2, -0.15) is 0 Å². The van der Waals surface area contributed by atoms with Crippen LogP contribution in [-0.4, -0.2) is 24.2 Å². The van der Waals surface area contributed by atoms with E-state index in [0.29, 0.717) is 10.8 Å². The van der Waals surface area contributed by atoms with Crippen LogP contribution in [0.15, 0.2) is 0 Å². The highest BCUT2D eigenvalue weighted by molar-refractivity contribution is 7.16. The maximum atomic E-state index is 10.4. The van der Waals surface area contributed by atoms with Crippen LogP contribution in [0.3, 0.4) is 0 Å². The van der Waals surface area contributed by atoms with E-state index in [1.54, 1.807) is 0 Å². The monoisotopic (exact) mass is 242 g/mol. The molecule has 0 saturated heterocycles. The number of fused-ring (bicyclic) bond motifs is 1. The predicted molar refractivity (Wildman–Crippen MR) is 61.9 cm³/mol. The molecule has 88 valence electrons. The van der Waals surface area contributed by atoms with Crippen molar-refractivity contribution in [2.24, 2.45) is 0 Å². The first-order chi connectivity index (χ1) is 7.68. The molecule has 2 heterocycles. The number of rotatable bonds is 4. The number of thiophene rings is 1. The van der Waals surface area contributed by atoms with Gasteiger partial charge in [-0.15, -0.1) is 11.3 Å². The molecule has 0 unspecified atom stereocenters. The third kappa shape index (κ3) is 2.28. The molecule has 0 atom stereocenters.